The van der Waals surface area contributed by atoms with Gasteiger partial charge in [0.05, 0.1) is 0 Å². The van der Waals surface area contributed by atoms with Crippen molar-refractivity contribution in [3.05, 3.63) is 0 Å². The van der Waals surface area contributed by atoms with E-state index >= 15 is 0 Å². The van der Waals surface area contributed by atoms with Gasteiger partial charge in [0.2, 0.25) is 0 Å². The quantitative estimate of drug-likeness (QED) is 0.492. The molecule has 0 aromatic rings. The van der Waals surface area contributed by atoms with Crippen molar-refractivity contribution in [1.29, 1.82) is 0 Å². The van der Waals surface area contributed by atoms with Crippen molar-refractivity contribution in [2.24, 2.45) is 0 Å². The standard InChI is InChI=1S/C3H6O2.K.H3N.H/c1-2-3(4)5;;;/h2H2,1H3,(H,4,5);;1H3;. The molecule has 0 heterocycles. The van der Waals surface area contributed by atoms with E-state index in [0.717, 1.165) is 0 Å². The second kappa shape index (κ2) is 10.1. The molecule has 0 aromatic carbocycles. The van der Waals surface area contributed by atoms with Gasteiger partial charge in [-0.3, -0.25) is 4.79 Å². The van der Waals surface area contributed by atoms with E-state index in [0.29, 0.717) is 0 Å². The topological polar surface area (TPSA) is 72.3 Å². The van der Waals surface area contributed by atoms with Crippen molar-refractivity contribution in [2.75, 3.05) is 0 Å². The molecule has 0 aliphatic heterocycles. The Morgan fingerprint density at radius 1 is 1.71 bits per heavy atom. The first-order valence-electron chi connectivity index (χ1n) is 1.49. The molecule has 0 spiro atoms. The van der Waals surface area contributed by atoms with Crippen LogP contribution in [0, 0.1) is 0 Å². The summed E-state index contributed by atoms with van der Waals surface area (Å²) < 4.78 is 0. The van der Waals surface area contributed by atoms with Crippen molar-refractivity contribution >= 4 is 57.4 Å². The molecule has 3 nitrogen and oxygen atoms in total. The fourth-order valence-electron chi connectivity index (χ4n) is 0. The van der Waals surface area contributed by atoms with Gasteiger partial charge in [-0.15, -0.1) is 0 Å². The Balaban J connectivity index is -0.0000000800. The van der Waals surface area contributed by atoms with E-state index in [1.807, 2.05) is 0 Å². The molecular formula is C3H10KNO2. The van der Waals surface area contributed by atoms with Crippen molar-refractivity contribution in [3.63, 3.8) is 0 Å². The summed E-state index contributed by atoms with van der Waals surface area (Å²) in [5.41, 5.74) is 0. The Labute approximate surface area is 85.5 Å². The van der Waals surface area contributed by atoms with Crippen molar-refractivity contribution in [1.82, 2.24) is 6.15 Å². The van der Waals surface area contributed by atoms with E-state index in [1.54, 1.807) is 6.92 Å². The maximum atomic E-state index is 9.37. The van der Waals surface area contributed by atoms with Crippen LogP contribution < -0.4 is 6.15 Å². The molecule has 0 atom stereocenters. The minimum absolute atomic E-state index is 0. The average molecular weight is 131 g/mol. The molecule has 0 aliphatic carbocycles. The third kappa shape index (κ3) is 19.3. The molecule has 40 valence electrons. The molecule has 0 amide bonds. The second-order valence-corrected chi connectivity index (χ2v) is 0.747. The summed E-state index contributed by atoms with van der Waals surface area (Å²) in [7, 11) is 0. The van der Waals surface area contributed by atoms with Gasteiger partial charge in [0.15, 0.2) is 0 Å². The Kier molecular flexibility index (Phi) is 22.7. The van der Waals surface area contributed by atoms with Gasteiger partial charge >= 0.3 is 57.4 Å². The van der Waals surface area contributed by atoms with Crippen LogP contribution >= 0.6 is 0 Å². The van der Waals surface area contributed by atoms with Crippen LogP contribution in [0.15, 0.2) is 0 Å². The molecule has 0 aromatic heterocycles. The number of hydrogen-bond donors (Lipinski definition) is 2. The summed E-state index contributed by atoms with van der Waals surface area (Å²) >= 11 is 0. The van der Waals surface area contributed by atoms with Gasteiger partial charge in [-0.25, -0.2) is 0 Å². The van der Waals surface area contributed by atoms with Crippen LogP contribution in [0.3, 0.4) is 0 Å². The van der Waals surface area contributed by atoms with E-state index in [-0.39, 0.29) is 64.0 Å². The van der Waals surface area contributed by atoms with E-state index in [1.165, 1.54) is 0 Å². The van der Waals surface area contributed by atoms with E-state index < -0.39 is 5.97 Å². The minimum atomic E-state index is -0.745. The molecule has 0 radical (unpaired) electrons. The second-order valence-electron chi connectivity index (χ2n) is 0.747. The average Bonchev–Trinajstić information content (AvgIpc) is 1.38. The fourth-order valence-corrected chi connectivity index (χ4v) is 0. The van der Waals surface area contributed by atoms with Gasteiger partial charge in [-0.2, -0.15) is 0 Å². The molecule has 7 heavy (non-hydrogen) atoms. The Bertz CT molecular complexity index is 48.2. The number of aliphatic carboxylic acids is 1. The van der Waals surface area contributed by atoms with Crippen LogP contribution in [0.4, 0.5) is 0 Å². The number of carboxylic acid groups (broad SMARTS) is 1. The summed E-state index contributed by atoms with van der Waals surface area (Å²) in [4.78, 5) is 9.37. The number of rotatable bonds is 1. The van der Waals surface area contributed by atoms with Gasteiger partial charge < -0.3 is 11.3 Å². The van der Waals surface area contributed by atoms with Gasteiger partial charge in [0, 0.05) is 6.42 Å². The zero-order valence-corrected chi connectivity index (χ0v) is 3.77. The first-order valence-corrected chi connectivity index (χ1v) is 1.49. The summed E-state index contributed by atoms with van der Waals surface area (Å²) in [6, 6.07) is 0. The zero-order chi connectivity index (χ0) is 4.28. The normalized spacial score (nSPS) is 5.29. The Hall–Kier alpha value is 1.07. The van der Waals surface area contributed by atoms with Gasteiger partial charge in [0.25, 0.3) is 0 Å². The van der Waals surface area contributed by atoms with E-state index in [9.17, 15) is 4.79 Å². The van der Waals surface area contributed by atoms with Crippen LogP contribution in [0.1, 0.15) is 13.3 Å². The Morgan fingerprint density at radius 2 is 1.86 bits per heavy atom. The predicted molar refractivity (Wildman–Crippen MR) is 30.1 cm³/mol. The van der Waals surface area contributed by atoms with Gasteiger partial charge in [-0.05, 0) is 0 Å². The third-order valence-electron chi connectivity index (χ3n) is 0.302. The number of carbonyl (C=O) groups is 1. The molecule has 0 rings (SSSR count). The molecule has 0 saturated carbocycles. The molecule has 0 saturated heterocycles. The third-order valence-corrected chi connectivity index (χ3v) is 0.302. The molecule has 4 heteroatoms. The van der Waals surface area contributed by atoms with E-state index in [2.05, 4.69) is 0 Å². The van der Waals surface area contributed by atoms with Crippen LogP contribution in [-0.4, -0.2) is 62.5 Å². The van der Waals surface area contributed by atoms with Crippen LogP contribution in [-0.2, 0) is 4.79 Å². The molecule has 4 N–H and O–H groups in total. The SMILES string of the molecule is CCC(=O)O.N.[KH]. The van der Waals surface area contributed by atoms with Crippen molar-refractivity contribution < 1.29 is 9.90 Å². The predicted octanol–water partition coefficient (Wildman–Crippen LogP) is -0.00550. The summed E-state index contributed by atoms with van der Waals surface area (Å²) in [5, 5.41) is 7.72. The molecule has 0 fully saturated rings. The van der Waals surface area contributed by atoms with Crippen LogP contribution in [0.2, 0.25) is 0 Å². The molecule has 0 bridgehead atoms. The van der Waals surface area contributed by atoms with Gasteiger partial charge in [0.1, 0.15) is 0 Å². The van der Waals surface area contributed by atoms with E-state index in [4.69, 9.17) is 5.11 Å². The Morgan fingerprint density at radius 3 is 1.86 bits per heavy atom. The maximum absolute atomic E-state index is 9.37. The number of hydrogen-bond acceptors (Lipinski definition) is 2. The van der Waals surface area contributed by atoms with Crippen molar-refractivity contribution in [2.45, 2.75) is 13.3 Å². The first kappa shape index (κ1) is 15.7. The van der Waals surface area contributed by atoms with Crippen LogP contribution in [0.25, 0.3) is 0 Å². The number of carboxylic acids is 1. The fraction of sp³-hybridized carbons (Fsp3) is 0.667. The van der Waals surface area contributed by atoms with Gasteiger partial charge in [-0.1, -0.05) is 6.92 Å². The molecular weight excluding hydrogens is 121 g/mol. The summed E-state index contributed by atoms with van der Waals surface area (Å²) in [6.07, 6.45) is 0.222. The summed E-state index contributed by atoms with van der Waals surface area (Å²) in [6.45, 7) is 1.60. The molecule has 0 aliphatic rings. The van der Waals surface area contributed by atoms with Crippen LogP contribution in [0.5, 0.6) is 0 Å². The molecule has 0 unspecified atom stereocenters. The van der Waals surface area contributed by atoms with Crippen molar-refractivity contribution in [3.8, 4) is 0 Å². The first-order chi connectivity index (χ1) is 2.27. The summed E-state index contributed by atoms with van der Waals surface area (Å²) in [5.74, 6) is -0.745. The monoisotopic (exact) mass is 131 g/mol. The zero-order valence-electron chi connectivity index (χ0n) is 3.77.